The summed E-state index contributed by atoms with van der Waals surface area (Å²) in [5, 5.41) is 26.3. The number of nitriles is 3. The average Bonchev–Trinajstić information content (AvgIpc) is 3.24. The molecule has 0 aromatic heterocycles. The van der Waals surface area contributed by atoms with Crippen molar-refractivity contribution in [3.05, 3.63) is 0 Å². The lowest BCUT2D eigenvalue weighted by atomic mass is 9.76. The quantitative estimate of drug-likeness (QED) is 0.562. The van der Waals surface area contributed by atoms with Crippen LogP contribution in [0.5, 0.6) is 0 Å². The lowest BCUT2D eigenvalue weighted by molar-refractivity contribution is 0.0221. The van der Waals surface area contributed by atoms with Crippen molar-refractivity contribution < 1.29 is 9.47 Å². The Morgan fingerprint density at radius 3 is 1.84 bits per heavy atom. The third-order valence-electron chi connectivity index (χ3n) is 3.42. The van der Waals surface area contributed by atoms with Crippen LogP contribution in [0.15, 0.2) is 0 Å². The lowest BCUT2D eigenvalue weighted by Crippen LogP contribution is -2.28. The third-order valence-corrected chi connectivity index (χ3v) is 3.42. The Morgan fingerprint density at radius 1 is 1.00 bits per heavy atom. The van der Waals surface area contributed by atoms with Gasteiger partial charge in [0.25, 0.3) is 0 Å². The Morgan fingerprint density at radius 2 is 1.47 bits per heavy atom. The second-order valence-electron chi connectivity index (χ2n) is 4.94. The highest BCUT2D eigenvalue weighted by Gasteiger charge is 2.31. The number of epoxide rings is 1. The van der Waals surface area contributed by atoms with Crippen LogP contribution >= 0.6 is 0 Å². The molecule has 1 aliphatic heterocycles. The number of ether oxygens (including phenoxy) is 2. The molecular weight excluding hydrogens is 242 g/mol. The number of hydrogen-bond donors (Lipinski definition) is 0. The van der Waals surface area contributed by atoms with E-state index in [1.54, 1.807) is 0 Å². The molecule has 0 bridgehead atoms. The average molecular weight is 261 g/mol. The normalized spacial score (nSPS) is 17.2. The molecule has 0 saturated carbocycles. The van der Waals surface area contributed by atoms with Crippen LogP contribution in [-0.2, 0) is 9.47 Å². The Kier molecular flexibility index (Phi) is 6.90. The van der Waals surface area contributed by atoms with Crippen LogP contribution in [0.4, 0.5) is 0 Å². The summed E-state index contributed by atoms with van der Waals surface area (Å²) in [6, 6.07) is 6.42. The molecule has 5 heteroatoms. The number of hydrogen-bond acceptors (Lipinski definition) is 5. The van der Waals surface area contributed by atoms with E-state index in [0.717, 1.165) is 6.61 Å². The van der Waals surface area contributed by atoms with E-state index >= 15 is 0 Å². The summed E-state index contributed by atoms with van der Waals surface area (Å²) in [6.07, 6.45) is 3.54. The highest BCUT2D eigenvalue weighted by atomic mass is 16.6. The molecule has 0 spiro atoms. The Bertz CT molecular complexity index is 339. The van der Waals surface area contributed by atoms with Crippen molar-refractivity contribution in [1.29, 1.82) is 15.8 Å². The maximum absolute atomic E-state index is 8.76. The van der Waals surface area contributed by atoms with Crippen molar-refractivity contribution in [2.45, 2.75) is 44.6 Å². The van der Waals surface area contributed by atoms with E-state index in [2.05, 4.69) is 18.2 Å². The molecule has 0 radical (unpaired) electrons. The summed E-state index contributed by atoms with van der Waals surface area (Å²) in [4.78, 5) is 0. The standard InChI is InChI=1S/C14H19N3O2/c15-7-1-4-14(5-2-8-16,6-3-9-17)12-18-10-13-11-19-13/h13H,1-6,10-12H2. The van der Waals surface area contributed by atoms with Gasteiger partial charge in [0.1, 0.15) is 6.10 Å². The van der Waals surface area contributed by atoms with Gasteiger partial charge in [-0.15, -0.1) is 0 Å². The molecule has 1 heterocycles. The molecular formula is C14H19N3O2. The molecule has 1 unspecified atom stereocenters. The summed E-state index contributed by atoms with van der Waals surface area (Å²) in [5.41, 5.74) is -0.226. The Labute approximate surface area is 114 Å². The first kappa shape index (κ1) is 15.4. The summed E-state index contributed by atoms with van der Waals surface area (Å²) >= 11 is 0. The summed E-state index contributed by atoms with van der Waals surface area (Å²) < 4.78 is 10.7. The van der Waals surface area contributed by atoms with Gasteiger partial charge in [0, 0.05) is 19.3 Å². The highest BCUT2D eigenvalue weighted by Crippen LogP contribution is 2.35. The fraction of sp³-hybridized carbons (Fsp3) is 0.786. The predicted molar refractivity (Wildman–Crippen MR) is 67.5 cm³/mol. The Balaban J connectivity index is 2.54. The van der Waals surface area contributed by atoms with E-state index in [-0.39, 0.29) is 11.5 Å². The van der Waals surface area contributed by atoms with Gasteiger partial charge in [-0.25, -0.2) is 0 Å². The molecule has 0 N–H and O–H groups in total. The molecule has 0 aromatic carbocycles. The maximum Gasteiger partial charge on any atom is 0.104 e. The van der Waals surface area contributed by atoms with Gasteiger partial charge in [0.15, 0.2) is 0 Å². The zero-order valence-electron chi connectivity index (χ0n) is 11.1. The predicted octanol–water partition coefficient (Wildman–Crippen LogP) is 2.30. The van der Waals surface area contributed by atoms with Gasteiger partial charge in [0.2, 0.25) is 0 Å². The second-order valence-corrected chi connectivity index (χ2v) is 4.94. The van der Waals surface area contributed by atoms with Crippen LogP contribution in [0.1, 0.15) is 38.5 Å². The van der Waals surface area contributed by atoms with Crippen LogP contribution in [0.3, 0.4) is 0 Å². The van der Waals surface area contributed by atoms with E-state index in [4.69, 9.17) is 25.3 Å². The van der Waals surface area contributed by atoms with Crippen LogP contribution in [0.2, 0.25) is 0 Å². The van der Waals surface area contributed by atoms with Crippen LogP contribution < -0.4 is 0 Å². The largest absolute Gasteiger partial charge is 0.378 e. The van der Waals surface area contributed by atoms with Crippen molar-refractivity contribution in [2.75, 3.05) is 19.8 Å². The minimum Gasteiger partial charge on any atom is -0.378 e. The molecule has 102 valence electrons. The maximum atomic E-state index is 8.76. The number of rotatable bonds is 10. The fourth-order valence-corrected chi connectivity index (χ4v) is 2.13. The van der Waals surface area contributed by atoms with E-state index in [1.807, 2.05) is 0 Å². The SMILES string of the molecule is N#CCCC(CCC#N)(CCC#N)COCC1CO1. The van der Waals surface area contributed by atoms with Gasteiger partial charge in [-0.3, -0.25) is 0 Å². The zero-order valence-corrected chi connectivity index (χ0v) is 11.1. The molecule has 1 aliphatic rings. The van der Waals surface area contributed by atoms with Crippen molar-refractivity contribution in [2.24, 2.45) is 5.41 Å². The first-order valence-corrected chi connectivity index (χ1v) is 6.56. The van der Waals surface area contributed by atoms with Crippen molar-refractivity contribution in [3.8, 4) is 18.2 Å². The number of nitrogens with zero attached hydrogens (tertiary/aromatic N) is 3. The van der Waals surface area contributed by atoms with Crippen molar-refractivity contribution >= 4 is 0 Å². The van der Waals surface area contributed by atoms with Gasteiger partial charge in [-0.1, -0.05) is 0 Å². The molecule has 0 aromatic rings. The zero-order chi connectivity index (χ0) is 14.0. The van der Waals surface area contributed by atoms with Gasteiger partial charge in [0.05, 0.1) is 38.0 Å². The molecule has 19 heavy (non-hydrogen) atoms. The first-order chi connectivity index (χ1) is 9.26. The fourth-order valence-electron chi connectivity index (χ4n) is 2.13. The Hall–Kier alpha value is -1.61. The smallest absolute Gasteiger partial charge is 0.104 e. The van der Waals surface area contributed by atoms with Crippen molar-refractivity contribution in [1.82, 2.24) is 0 Å². The van der Waals surface area contributed by atoms with Gasteiger partial charge in [-0.2, -0.15) is 15.8 Å². The van der Waals surface area contributed by atoms with E-state index in [9.17, 15) is 0 Å². The van der Waals surface area contributed by atoms with Gasteiger partial charge < -0.3 is 9.47 Å². The molecule has 1 rings (SSSR count). The van der Waals surface area contributed by atoms with Crippen molar-refractivity contribution in [3.63, 3.8) is 0 Å². The van der Waals surface area contributed by atoms with Crippen LogP contribution in [0.25, 0.3) is 0 Å². The van der Waals surface area contributed by atoms with Gasteiger partial charge in [-0.05, 0) is 24.7 Å². The van der Waals surface area contributed by atoms with Gasteiger partial charge >= 0.3 is 0 Å². The van der Waals surface area contributed by atoms with Crippen LogP contribution in [-0.4, -0.2) is 25.9 Å². The summed E-state index contributed by atoms with van der Waals surface area (Å²) in [6.45, 7) is 1.81. The third kappa shape index (κ3) is 6.20. The van der Waals surface area contributed by atoms with E-state index < -0.39 is 0 Å². The molecule has 1 saturated heterocycles. The molecule has 1 atom stereocenters. The van der Waals surface area contributed by atoms with Crippen LogP contribution in [0, 0.1) is 39.4 Å². The second kappa shape index (κ2) is 8.48. The minimum atomic E-state index is -0.226. The highest BCUT2D eigenvalue weighted by molar-refractivity contribution is 4.89. The lowest BCUT2D eigenvalue weighted by Gasteiger charge is -2.31. The monoisotopic (exact) mass is 261 g/mol. The molecule has 0 aliphatic carbocycles. The summed E-state index contributed by atoms with van der Waals surface area (Å²) in [7, 11) is 0. The summed E-state index contributed by atoms with van der Waals surface area (Å²) in [5.74, 6) is 0. The molecule has 5 nitrogen and oxygen atoms in total. The first-order valence-electron chi connectivity index (χ1n) is 6.56. The van der Waals surface area contributed by atoms with E-state index in [1.165, 1.54) is 0 Å². The minimum absolute atomic E-state index is 0.209. The topological polar surface area (TPSA) is 93.1 Å². The molecule has 0 amide bonds. The van der Waals surface area contributed by atoms with E-state index in [0.29, 0.717) is 51.7 Å². The molecule has 1 fully saturated rings.